The van der Waals surface area contributed by atoms with Gasteiger partial charge in [-0.1, -0.05) is 0 Å². The third-order valence-corrected chi connectivity index (χ3v) is 4.31. The van der Waals surface area contributed by atoms with Crippen LogP contribution in [0.3, 0.4) is 0 Å². The SMILES string of the molecule is COCCNc1cc(F)c(Oc2ncc(Cn3nccn3)cc2C(F)(F)F)cc1C(=O)OC. The number of carbonyl (C=O) groups is 1. The van der Waals surface area contributed by atoms with Gasteiger partial charge < -0.3 is 19.5 Å². The summed E-state index contributed by atoms with van der Waals surface area (Å²) in [5, 5.41) is 10.5. The lowest BCUT2D eigenvalue weighted by atomic mass is 10.1. The molecule has 0 unspecified atom stereocenters. The molecule has 1 aromatic carbocycles. The summed E-state index contributed by atoms with van der Waals surface area (Å²) in [6, 6.07) is 2.67. The van der Waals surface area contributed by atoms with Crippen molar-refractivity contribution < 1.29 is 36.6 Å². The highest BCUT2D eigenvalue weighted by molar-refractivity contribution is 5.96. The molecule has 3 rings (SSSR count). The van der Waals surface area contributed by atoms with Gasteiger partial charge in [0.25, 0.3) is 0 Å². The number of pyridine rings is 1. The van der Waals surface area contributed by atoms with Crippen LogP contribution in [0.1, 0.15) is 21.5 Å². The van der Waals surface area contributed by atoms with Crippen LogP contribution >= 0.6 is 0 Å². The fraction of sp³-hybridized carbons (Fsp3) is 0.300. The molecule has 2 heterocycles. The molecular weight excluding hydrogens is 450 g/mol. The van der Waals surface area contributed by atoms with Gasteiger partial charge in [-0.3, -0.25) is 0 Å². The highest BCUT2D eigenvalue weighted by Gasteiger charge is 2.36. The van der Waals surface area contributed by atoms with Gasteiger partial charge in [0.2, 0.25) is 5.88 Å². The normalized spacial score (nSPS) is 11.3. The number of esters is 1. The molecule has 0 aliphatic rings. The first kappa shape index (κ1) is 23.9. The summed E-state index contributed by atoms with van der Waals surface area (Å²) < 4.78 is 70.4. The minimum absolute atomic E-state index is 0.0634. The van der Waals surface area contributed by atoms with Gasteiger partial charge in [0.05, 0.1) is 43.9 Å². The zero-order valence-electron chi connectivity index (χ0n) is 17.5. The van der Waals surface area contributed by atoms with Crippen LogP contribution < -0.4 is 10.1 Å². The fourth-order valence-corrected chi connectivity index (χ4v) is 2.80. The summed E-state index contributed by atoms with van der Waals surface area (Å²) in [6.45, 7) is 0.443. The fourth-order valence-electron chi connectivity index (χ4n) is 2.80. The zero-order valence-corrected chi connectivity index (χ0v) is 17.5. The van der Waals surface area contributed by atoms with Gasteiger partial charge in [-0.05, 0) is 11.6 Å². The van der Waals surface area contributed by atoms with Crippen molar-refractivity contribution in [1.29, 1.82) is 0 Å². The van der Waals surface area contributed by atoms with Crippen LogP contribution in [0.2, 0.25) is 0 Å². The summed E-state index contributed by atoms with van der Waals surface area (Å²) in [4.78, 5) is 17.0. The molecule has 0 amide bonds. The first-order valence-electron chi connectivity index (χ1n) is 9.45. The number of rotatable bonds is 9. The Morgan fingerprint density at radius 2 is 1.88 bits per heavy atom. The number of halogens is 4. The zero-order chi connectivity index (χ0) is 24.0. The van der Waals surface area contributed by atoms with Gasteiger partial charge in [0.15, 0.2) is 11.6 Å². The average Bonchev–Trinajstić information content (AvgIpc) is 3.28. The number of aromatic nitrogens is 4. The van der Waals surface area contributed by atoms with E-state index in [-0.39, 0.29) is 36.5 Å². The summed E-state index contributed by atoms with van der Waals surface area (Å²) in [5.41, 5.74) is -1.15. The molecule has 13 heteroatoms. The smallest absolute Gasteiger partial charge is 0.421 e. The predicted octanol–water partition coefficient (Wildman–Crippen LogP) is 3.52. The van der Waals surface area contributed by atoms with Crippen LogP contribution in [0.15, 0.2) is 36.8 Å². The third kappa shape index (κ3) is 5.94. The molecule has 1 N–H and O–H groups in total. The summed E-state index contributed by atoms with van der Waals surface area (Å²) in [7, 11) is 2.57. The van der Waals surface area contributed by atoms with Crippen molar-refractivity contribution in [2.24, 2.45) is 0 Å². The standard InChI is InChI=1S/C20H19F4N5O4/c1-31-6-5-25-16-9-15(21)17(8-13(16)19(30)32-2)33-18-14(20(22,23)24)7-12(10-26-18)11-29-27-3-4-28-29/h3-4,7-10,25H,5-6,11H2,1-2H3. The van der Waals surface area contributed by atoms with Crippen LogP contribution in [0, 0.1) is 5.82 Å². The van der Waals surface area contributed by atoms with Crippen LogP contribution in [0.25, 0.3) is 0 Å². The van der Waals surface area contributed by atoms with Crippen LogP contribution in [-0.4, -0.2) is 53.3 Å². The maximum Gasteiger partial charge on any atom is 0.421 e. The molecule has 0 aliphatic heterocycles. The van der Waals surface area contributed by atoms with Crippen LogP contribution in [0.4, 0.5) is 23.2 Å². The van der Waals surface area contributed by atoms with E-state index in [4.69, 9.17) is 9.47 Å². The van der Waals surface area contributed by atoms with E-state index in [0.29, 0.717) is 0 Å². The van der Waals surface area contributed by atoms with E-state index in [0.717, 1.165) is 31.5 Å². The molecule has 3 aromatic rings. The summed E-state index contributed by atoms with van der Waals surface area (Å²) >= 11 is 0. The predicted molar refractivity (Wildman–Crippen MR) is 107 cm³/mol. The number of hydrogen-bond donors (Lipinski definition) is 1. The lowest BCUT2D eigenvalue weighted by molar-refractivity contribution is -0.139. The Bertz CT molecular complexity index is 1110. The van der Waals surface area contributed by atoms with Crippen molar-refractivity contribution in [3.63, 3.8) is 0 Å². The number of hydrogen-bond acceptors (Lipinski definition) is 8. The molecule has 176 valence electrons. The molecule has 2 aromatic heterocycles. The number of methoxy groups -OCH3 is 2. The van der Waals surface area contributed by atoms with Crippen molar-refractivity contribution >= 4 is 11.7 Å². The molecule has 0 atom stereocenters. The first-order valence-corrected chi connectivity index (χ1v) is 9.45. The van der Waals surface area contributed by atoms with Crippen LogP contribution in [0.5, 0.6) is 11.6 Å². The minimum Gasteiger partial charge on any atom is -0.465 e. The Morgan fingerprint density at radius 3 is 2.52 bits per heavy atom. The third-order valence-electron chi connectivity index (χ3n) is 4.31. The van der Waals surface area contributed by atoms with E-state index in [1.165, 1.54) is 24.3 Å². The molecule has 33 heavy (non-hydrogen) atoms. The largest absolute Gasteiger partial charge is 0.465 e. The number of carbonyl (C=O) groups excluding carboxylic acids is 1. The van der Waals surface area contributed by atoms with Crippen molar-refractivity contribution in [1.82, 2.24) is 20.0 Å². The number of nitrogens with one attached hydrogen (secondary N) is 1. The number of alkyl halides is 3. The number of nitrogens with zero attached hydrogens (tertiary/aromatic N) is 4. The van der Waals surface area contributed by atoms with Crippen molar-refractivity contribution in [2.75, 3.05) is 32.7 Å². The number of ether oxygens (including phenoxy) is 3. The van der Waals surface area contributed by atoms with Gasteiger partial charge in [-0.15, -0.1) is 0 Å². The van der Waals surface area contributed by atoms with Crippen molar-refractivity contribution in [3.8, 4) is 11.6 Å². The second-order valence-electron chi connectivity index (χ2n) is 6.59. The van der Waals surface area contributed by atoms with E-state index in [1.807, 2.05) is 0 Å². The van der Waals surface area contributed by atoms with E-state index < -0.39 is 35.2 Å². The quantitative estimate of drug-likeness (QED) is 0.289. The average molecular weight is 469 g/mol. The molecule has 0 bridgehead atoms. The molecule has 0 saturated heterocycles. The molecular formula is C20H19F4N5O4. The summed E-state index contributed by atoms with van der Waals surface area (Å²) in [6.07, 6.45) is -0.955. The Kier molecular flexibility index (Phi) is 7.43. The topological polar surface area (TPSA) is 100 Å². The molecule has 9 nitrogen and oxygen atoms in total. The van der Waals surface area contributed by atoms with Gasteiger partial charge in [0.1, 0.15) is 5.56 Å². The van der Waals surface area contributed by atoms with Crippen molar-refractivity contribution in [2.45, 2.75) is 12.7 Å². The molecule has 0 radical (unpaired) electrons. The second kappa shape index (κ2) is 10.3. The van der Waals surface area contributed by atoms with E-state index >= 15 is 0 Å². The summed E-state index contributed by atoms with van der Waals surface area (Å²) in [5.74, 6) is -3.37. The van der Waals surface area contributed by atoms with E-state index in [1.54, 1.807) is 0 Å². The molecule has 0 fully saturated rings. The second-order valence-corrected chi connectivity index (χ2v) is 6.59. The van der Waals surface area contributed by atoms with Crippen LogP contribution in [-0.2, 0) is 22.2 Å². The monoisotopic (exact) mass is 469 g/mol. The number of anilines is 1. The highest BCUT2D eigenvalue weighted by Crippen LogP contribution is 2.38. The maximum absolute atomic E-state index is 14.7. The Balaban J connectivity index is 1.96. The van der Waals surface area contributed by atoms with Gasteiger partial charge in [0, 0.05) is 32.0 Å². The molecule has 0 aliphatic carbocycles. The Morgan fingerprint density at radius 1 is 1.15 bits per heavy atom. The van der Waals surface area contributed by atoms with Gasteiger partial charge in [-0.25, -0.2) is 14.2 Å². The number of benzene rings is 1. The van der Waals surface area contributed by atoms with E-state index in [2.05, 4.69) is 25.2 Å². The first-order chi connectivity index (χ1) is 15.7. The lowest BCUT2D eigenvalue weighted by Gasteiger charge is -2.16. The highest BCUT2D eigenvalue weighted by atomic mass is 19.4. The van der Waals surface area contributed by atoms with Crippen molar-refractivity contribution in [3.05, 3.63) is 59.3 Å². The Hall–Kier alpha value is -3.74. The molecule has 0 saturated carbocycles. The van der Waals surface area contributed by atoms with Gasteiger partial charge >= 0.3 is 12.1 Å². The Labute approximate surface area is 185 Å². The van der Waals surface area contributed by atoms with Gasteiger partial charge in [-0.2, -0.15) is 28.2 Å². The maximum atomic E-state index is 14.7. The minimum atomic E-state index is -4.85. The lowest BCUT2D eigenvalue weighted by Crippen LogP contribution is -2.14. The molecule has 0 spiro atoms. The van der Waals surface area contributed by atoms with E-state index in [9.17, 15) is 22.4 Å².